The molecule has 1 aliphatic heterocycles. The minimum Gasteiger partial charge on any atom is -0.497 e. The lowest BCUT2D eigenvalue weighted by molar-refractivity contribution is 0.0739. The minimum absolute atomic E-state index is 0.104. The van der Waals surface area contributed by atoms with E-state index in [4.69, 9.17) is 4.74 Å². The third-order valence-electron chi connectivity index (χ3n) is 5.25. The number of carbonyl (C=O) groups excluding carboxylic acids is 1. The molecule has 28 heavy (non-hydrogen) atoms. The van der Waals surface area contributed by atoms with Gasteiger partial charge in [-0.1, -0.05) is 42.5 Å². The van der Waals surface area contributed by atoms with Gasteiger partial charge in [0.25, 0.3) is 5.91 Å². The second-order valence-electron chi connectivity index (χ2n) is 7.11. The van der Waals surface area contributed by atoms with Crippen LogP contribution in [-0.4, -0.2) is 29.4 Å². The number of amides is 1. The van der Waals surface area contributed by atoms with Crippen LogP contribution in [-0.2, 0) is 6.42 Å². The van der Waals surface area contributed by atoms with Crippen molar-refractivity contribution in [1.29, 1.82) is 0 Å². The quantitative estimate of drug-likeness (QED) is 0.612. The van der Waals surface area contributed by atoms with Crippen molar-refractivity contribution in [3.63, 3.8) is 0 Å². The second-order valence-corrected chi connectivity index (χ2v) is 8.20. The molecule has 1 atom stereocenters. The number of benzene rings is 2. The Morgan fingerprint density at radius 1 is 1.18 bits per heavy atom. The smallest absolute Gasteiger partial charge is 0.266 e. The van der Waals surface area contributed by atoms with Gasteiger partial charge in [0.15, 0.2) is 0 Å². The standard InChI is InChI=1S/C23H24N2O2S/c1-16-22(28-21(24-16)15-17-7-4-3-5-8-17)23(26)25-14-6-9-20(25)18-10-12-19(27-2)13-11-18/h3-5,7-8,10-13,20H,6,9,14-15H2,1-2H3. The largest absolute Gasteiger partial charge is 0.497 e. The summed E-state index contributed by atoms with van der Waals surface area (Å²) in [5.74, 6) is 0.941. The monoisotopic (exact) mass is 392 g/mol. The SMILES string of the molecule is COc1ccc(C2CCCN2C(=O)c2sc(Cc3ccccc3)nc2C)cc1. The summed E-state index contributed by atoms with van der Waals surface area (Å²) >= 11 is 1.53. The van der Waals surface area contributed by atoms with Gasteiger partial charge >= 0.3 is 0 Å². The number of hydrogen-bond acceptors (Lipinski definition) is 4. The van der Waals surface area contributed by atoms with Crippen LogP contribution in [0, 0.1) is 6.92 Å². The van der Waals surface area contributed by atoms with Crippen molar-refractivity contribution < 1.29 is 9.53 Å². The van der Waals surface area contributed by atoms with Gasteiger partial charge in [-0.15, -0.1) is 11.3 Å². The predicted molar refractivity (Wildman–Crippen MR) is 112 cm³/mol. The molecule has 1 aromatic heterocycles. The number of likely N-dealkylation sites (tertiary alicyclic amines) is 1. The van der Waals surface area contributed by atoms with Crippen LogP contribution < -0.4 is 4.74 Å². The molecule has 5 heteroatoms. The summed E-state index contributed by atoms with van der Waals surface area (Å²) in [6, 6.07) is 18.5. The van der Waals surface area contributed by atoms with Crippen LogP contribution in [0.1, 0.15) is 50.4 Å². The van der Waals surface area contributed by atoms with Crippen LogP contribution in [0.25, 0.3) is 0 Å². The molecule has 0 spiro atoms. The number of carbonyl (C=O) groups is 1. The van der Waals surface area contributed by atoms with Crippen LogP contribution in [0.4, 0.5) is 0 Å². The van der Waals surface area contributed by atoms with Gasteiger partial charge in [-0.3, -0.25) is 4.79 Å². The Bertz CT molecular complexity index is 950. The first kappa shape index (κ1) is 18.7. The normalized spacial score (nSPS) is 16.4. The predicted octanol–water partition coefficient (Wildman–Crippen LogP) is 5.03. The Labute approximate surface area is 169 Å². The van der Waals surface area contributed by atoms with E-state index in [0.29, 0.717) is 0 Å². The number of thiazole rings is 1. The highest BCUT2D eigenvalue weighted by Gasteiger charge is 2.32. The van der Waals surface area contributed by atoms with E-state index < -0.39 is 0 Å². The van der Waals surface area contributed by atoms with E-state index in [1.54, 1.807) is 7.11 Å². The van der Waals surface area contributed by atoms with Gasteiger partial charge in [0.2, 0.25) is 0 Å². The molecular weight excluding hydrogens is 368 g/mol. The molecule has 0 aliphatic carbocycles. The van der Waals surface area contributed by atoms with Gasteiger partial charge in [0, 0.05) is 13.0 Å². The highest BCUT2D eigenvalue weighted by Crippen LogP contribution is 2.35. The lowest BCUT2D eigenvalue weighted by Gasteiger charge is -2.25. The van der Waals surface area contributed by atoms with Crippen molar-refractivity contribution in [2.75, 3.05) is 13.7 Å². The highest BCUT2D eigenvalue weighted by molar-refractivity contribution is 7.13. The van der Waals surface area contributed by atoms with E-state index in [2.05, 4.69) is 29.2 Å². The van der Waals surface area contributed by atoms with Gasteiger partial charge < -0.3 is 9.64 Å². The van der Waals surface area contributed by atoms with Gasteiger partial charge in [-0.05, 0) is 43.0 Å². The lowest BCUT2D eigenvalue weighted by atomic mass is 10.0. The van der Waals surface area contributed by atoms with Crippen LogP contribution in [0.2, 0.25) is 0 Å². The minimum atomic E-state index is 0.104. The number of rotatable bonds is 5. The molecule has 0 radical (unpaired) electrons. The van der Waals surface area contributed by atoms with Crippen molar-refractivity contribution in [3.8, 4) is 5.75 Å². The van der Waals surface area contributed by atoms with Crippen LogP contribution in [0.3, 0.4) is 0 Å². The first-order valence-electron chi connectivity index (χ1n) is 9.61. The third-order valence-corrected chi connectivity index (χ3v) is 6.39. The van der Waals surface area contributed by atoms with Crippen molar-refractivity contribution in [1.82, 2.24) is 9.88 Å². The second kappa shape index (κ2) is 8.15. The summed E-state index contributed by atoms with van der Waals surface area (Å²) in [6.07, 6.45) is 2.78. The van der Waals surface area contributed by atoms with Crippen molar-refractivity contribution >= 4 is 17.2 Å². The maximum atomic E-state index is 13.3. The van der Waals surface area contributed by atoms with Gasteiger partial charge in [0.05, 0.1) is 23.9 Å². The molecule has 1 amide bonds. The van der Waals surface area contributed by atoms with E-state index >= 15 is 0 Å². The number of hydrogen-bond donors (Lipinski definition) is 0. The topological polar surface area (TPSA) is 42.4 Å². The molecule has 0 saturated carbocycles. The Kier molecular flexibility index (Phi) is 5.44. The average Bonchev–Trinajstić information content (AvgIpc) is 3.35. The third kappa shape index (κ3) is 3.80. The molecular formula is C23H24N2O2S. The Hall–Kier alpha value is -2.66. The zero-order chi connectivity index (χ0) is 19.5. The zero-order valence-corrected chi connectivity index (χ0v) is 17.0. The molecule has 4 rings (SSSR count). The zero-order valence-electron chi connectivity index (χ0n) is 16.2. The van der Waals surface area contributed by atoms with Crippen LogP contribution in [0.15, 0.2) is 54.6 Å². The van der Waals surface area contributed by atoms with E-state index in [9.17, 15) is 4.79 Å². The van der Waals surface area contributed by atoms with E-state index in [1.165, 1.54) is 22.5 Å². The molecule has 1 fully saturated rings. The molecule has 0 bridgehead atoms. The van der Waals surface area contributed by atoms with Crippen molar-refractivity contribution in [2.45, 2.75) is 32.2 Å². The first-order valence-corrected chi connectivity index (χ1v) is 10.4. The summed E-state index contributed by atoms with van der Waals surface area (Å²) in [4.78, 5) is 20.8. The first-order chi connectivity index (χ1) is 13.7. The number of methoxy groups -OCH3 is 1. The number of aromatic nitrogens is 1. The molecule has 1 aliphatic rings. The number of nitrogens with zero attached hydrogens (tertiary/aromatic N) is 2. The molecule has 4 nitrogen and oxygen atoms in total. The van der Waals surface area contributed by atoms with Crippen LogP contribution >= 0.6 is 11.3 Å². The molecule has 1 saturated heterocycles. The fourth-order valence-electron chi connectivity index (χ4n) is 3.81. The van der Waals surface area contributed by atoms with Gasteiger partial charge in [0.1, 0.15) is 10.6 Å². The number of aryl methyl sites for hydroxylation is 1. The summed E-state index contributed by atoms with van der Waals surface area (Å²) in [6.45, 7) is 2.73. The maximum Gasteiger partial charge on any atom is 0.266 e. The fourth-order valence-corrected chi connectivity index (χ4v) is 4.86. The number of ether oxygens (including phenoxy) is 1. The Balaban J connectivity index is 1.54. The van der Waals surface area contributed by atoms with E-state index in [1.807, 2.05) is 42.2 Å². The van der Waals surface area contributed by atoms with Crippen LogP contribution in [0.5, 0.6) is 5.75 Å². The molecule has 2 heterocycles. The highest BCUT2D eigenvalue weighted by atomic mass is 32.1. The van der Waals surface area contributed by atoms with E-state index in [-0.39, 0.29) is 11.9 Å². The molecule has 3 aromatic rings. The van der Waals surface area contributed by atoms with Crippen molar-refractivity contribution in [2.24, 2.45) is 0 Å². The maximum absolute atomic E-state index is 13.3. The van der Waals surface area contributed by atoms with Gasteiger partial charge in [-0.25, -0.2) is 4.98 Å². The van der Waals surface area contributed by atoms with E-state index in [0.717, 1.165) is 47.1 Å². The summed E-state index contributed by atoms with van der Waals surface area (Å²) in [7, 11) is 1.67. The molecule has 2 aromatic carbocycles. The summed E-state index contributed by atoms with van der Waals surface area (Å²) in [5.41, 5.74) is 3.21. The summed E-state index contributed by atoms with van der Waals surface area (Å²) < 4.78 is 5.26. The Morgan fingerprint density at radius 2 is 1.93 bits per heavy atom. The average molecular weight is 393 g/mol. The summed E-state index contributed by atoms with van der Waals surface area (Å²) in [5, 5.41) is 0.993. The molecule has 0 N–H and O–H groups in total. The lowest BCUT2D eigenvalue weighted by Crippen LogP contribution is -2.30. The van der Waals surface area contributed by atoms with Crippen molar-refractivity contribution in [3.05, 3.63) is 81.3 Å². The van der Waals surface area contributed by atoms with Gasteiger partial charge in [-0.2, -0.15) is 0 Å². The fraction of sp³-hybridized carbons (Fsp3) is 0.304. The molecule has 1 unspecified atom stereocenters. The Morgan fingerprint density at radius 3 is 2.64 bits per heavy atom. The molecule has 144 valence electrons.